The van der Waals surface area contributed by atoms with E-state index in [1.165, 1.54) is 0 Å². The molecule has 1 nitrogen and oxygen atoms in total. The van der Waals surface area contributed by atoms with Gasteiger partial charge in [-0.2, -0.15) is 0 Å². The molecule has 0 aliphatic rings. The van der Waals surface area contributed by atoms with Gasteiger partial charge in [0.05, 0.1) is 0 Å². The Morgan fingerprint density at radius 2 is 0.581 bits per heavy atom. The Morgan fingerprint density at radius 3 is 0.907 bits per heavy atom. The van der Waals surface area contributed by atoms with Gasteiger partial charge in [-0.05, 0) is 45.2 Å². The predicted molar refractivity (Wildman–Crippen MR) is 196 cm³/mol. The summed E-state index contributed by atoms with van der Waals surface area (Å²) in [5.41, 5.74) is 6.59. The van der Waals surface area contributed by atoms with Gasteiger partial charge in [0.2, 0.25) is 0 Å². The summed E-state index contributed by atoms with van der Waals surface area (Å²) in [6, 6.07) is 23.6. The van der Waals surface area contributed by atoms with E-state index in [1.54, 1.807) is 0 Å². The highest BCUT2D eigenvalue weighted by atomic mass is 14.9. The van der Waals surface area contributed by atoms with Crippen LogP contribution in [0.15, 0.2) is 72.8 Å². The van der Waals surface area contributed by atoms with Gasteiger partial charge in [-0.15, -0.1) is 32.8 Å². The molecule has 6 rings (SSSR count). The SMILES string of the molecule is [B]c1c([B])c([B])c(-c2ccc(Nc3ccc(-c4c([B])c([B])c([B])c([B])c4[B])c4ccccc34)c3ccccc23)c([B])c1[B]. The highest BCUT2D eigenvalue weighted by molar-refractivity contribution is 6.70. The van der Waals surface area contributed by atoms with Crippen molar-refractivity contribution < 1.29 is 0 Å². The van der Waals surface area contributed by atoms with Gasteiger partial charge in [0, 0.05) is 22.1 Å². The Morgan fingerprint density at radius 1 is 0.302 bits per heavy atom. The van der Waals surface area contributed by atoms with E-state index in [0.29, 0.717) is 11.1 Å². The molecule has 11 heteroatoms. The minimum absolute atomic E-state index is 0.171. The number of fused-ring (bicyclic) bond motifs is 2. The first-order valence-electron chi connectivity index (χ1n) is 13.4. The molecule has 6 aromatic carbocycles. The Labute approximate surface area is 265 Å². The smallest absolute Gasteiger partial charge is 0.113 e. The molecule has 0 spiro atoms. The minimum Gasteiger partial charge on any atom is -0.355 e. The molecule has 0 fully saturated rings. The third-order valence-corrected chi connectivity index (χ3v) is 8.05. The summed E-state index contributed by atoms with van der Waals surface area (Å²) in [4.78, 5) is 0. The molecule has 0 amide bonds. The number of anilines is 2. The molecule has 0 heterocycles. The third kappa shape index (κ3) is 4.64. The zero-order valence-corrected chi connectivity index (χ0v) is 23.2. The van der Waals surface area contributed by atoms with Crippen molar-refractivity contribution in [3.05, 3.63) is 72.8 Å². The number of nitrogens with one attached hydrogen (secondary N) is 1. The fourth-order valence-corrected chi connectivity index (χ4v) is 5.68. The first-order valence-corrected chi connectivity index (χ1v) is 13.4. The van der Waals surface area contributed by atoms with Crippen molar-refractivity contribution in [1.82, 2.24) is 0 Å². The van der Waals surface area contributed by atoms with Crippen LogP contribution in [0.5, 0.6) is 0 Å². The maximum Gasteiger partial charge on any atom is 0.113 e. The summed E-state index contributed by atoms with van der Waals surface area (Å²) >= 11 is 0. The van der Waals surface area contributed by atoms with E-state index in [4.69, 9.17) is 78.5 Å². The van der Waals surface area contributed by atoms with Gasteiger partial charge in [0.15, 0.2) is 0 Å². The Bertz CT molecular complexity index is 1910. The number of benzene rings is 6. The van der Waals surface area contributed by atoms with E-state index in [0.717, 1.165) is 44.0 Å². The molecular formula is C32H13B10N. The molecule has 0 aromatic heterocycles. The second-order valence-electron chi connectivity index (χ2n) is 10.4. The molecule has 6 aromatic rings. The molecule has 0 aliphatic carbocycles. The summed E-state index contributed by atoms with van der Waals surface area (Å²) in [5, 5.41) is 7.24. The van der Waals surface area contributed by atoms with Gasteiger partial charge in [-0.3, -0.25) is 0 Å². The van der Waals surface area contributed by atoms with Crippen LogP contribution in [0.3, 0.4) is 0 Å². The summed E-state index contributed by atoms with van der Waals surface area (Å²) in [5.74, 6) is 0. The van der Waals surface area contributed by atoms with Gasteiger partial charge in [-0.25, -0.2) is 0 Å². The topological polar surface area (TPSA) is 12.0 Å². The summed E-state index contributed by atoms with van der Waals surface area (Å²) in [7, 11) is 62.4. The first-order chi connectivity index (χ1) is 20.5. The molecule has 20 radical (unpaired) electrons. The van der Waals surface area contributed by atoms with Crippen molar-refractivity contribution in [3.8, 4) is 22.3 Å². The van der Waals surface area contributed by atoms with Crippen molar-refractivity contribution in [1.29, 1.82) is 0 Å². The van der Waals surface area contributed by atoms with Gasteiger partial charge >= 0.3 is 0 Å². The molecule has 0 bridgehead atoms. The maximum absolute atomic E-state index is 6.41. The van der Waals surface area contributed by atoms with Crippen molar-refractivity contribution in [2.24, 2.45) is 0 Å². The lowest BCUT2D eigenvalue weighted by atomic mass is 9.59. The summed E-state index contributed by atoms with van der Waals surface area (Å²) < 4.78 is 0. The van der Waals surface area contributed by atoms with Crippen LogP contribution in [-0.4, -0.2) is 78.5 Å². The molecule has 43 heavy (non-hydrogen) atoms. The maximum atomic E-state index is 6.41. The normalized spacial score (nSPS) is 11.3. The van der Waals surface area contributed by atoms with Gasteiger partial charge < -0.3 is 5.32 Å². The van der Waals surface area contributed by atoms with E-state index in [2.05, 4.69) is 5.32 Å². The van der Waals surface area contributed by atoms with E-state index in [9.17, 15) is 0 Å². The summed E-state index contributed by atoms with van der Waals surface area (Å²) in [6.45, 7) is 0. The molecule has 0 atom stereocenters. The second-order valence-corrected chi connectivity index (χ2v) is 10.4. The molecular weight excluding hydrogens is 506 g/mol. The van der Waals surface area contributed by atoms with Crippen LogP contribution in [0.1, 0.15) is 0 Å². The largest absolute Gasteiger partial charge is 0.355 e. The molecule has 176 valence electrons. The number of hydrogen-bond acceptors (Lipinski definition) is 1. The fraction of sp³-hybridized carbons (Fsp3) is 0. The van der Waals surface area contributed by atoms with Crippen molar-refractivity contribution in [3.63, 3.8) is 0 Å². The molecule has 1 N–H and O–H groups in total. The van der Waals surface area contributed by atoms with E-state index >= 15 is 0 Å². The van der Waals surface area contributed by atoms with Crippen molar-refractivity contribution in [2.45, 2.75) is 0 Å². The third-order valence-electron chi connectivity index (χ3n) is 8.05. The van der Waals surface area contributed by atoms with Crippen LogP contribution in [0.25, 0.3) is 43.8 Å². The first kappa shape index (κ1) is 29.4. The van der Waals surface area contributed by atoms with Crippen LogP contribution < -0.4 is 59.9 Å². The fourth-order valence-electron chi connectivity index (χ4n) is 5.68. The van der Waals surface area contributed by atoms with Crippen molar-refractivity contribution in [2.75, 3.05) is 5.32 Å². The minimum atomic E-state index is 0.171. The van der Waals surface area contributed by atoms with Crippen molar-refractivity contribution >= 4 is 166 Å². The number of hydrogen-bond donors (Lipinski definition) is 1. The zero-order chi connectivity index (χ0) is 30.7. The molecule has 0 saturated carbocycles. The highest BCUT2D eigenvalue weighted by Crippen LogP contribution is 2.37. The predicted octanol–water partition coefficient (Wildman–Crippen LogP) is -2.99. The molecule has 0 aliphatic heterocycles. The lowest BCUT2D eigenvalue weighted by Crippen LogP contribution is -2.55. The van der Waals surface area contributed by atoms with E-state index < -0.39 is 0 Å². The van der Waals surface area contributed by atoms with Gasteiger partial charge in [0.25, 0.3) is 0 Å². The lowest BCUT2D eigenvalue weighted by molar-refractivity contribution is 1.60. The molecule has 0 saturated heterocycles. The quantitative estimate of drug-likeness (QED) is 0.245. The van der Waals surface area contributed by atoms with Gasteiger partial charge in [-0.1, -0.05) is 82.5 Å². The van der Waals surface area contributed by atoms with Crippen LogP contribution in [0, 0.1) is 0 Å². The standard InChI is InChI=1S/C32H13B10N/c33-23-21(24(34)28(38)31(41)27(23)37)17-9-11-19(15-7-3-1-5-13(15)17)43-20-12-10-18(14-6-2-4-8-16(14)20)22-25(35)29(39)32(42)30(40)26(22)36/h1-12,43H. The highest BCUT2D eigenvalue weighted by Gasteiger charge is 2.18. The van der Waals surface area contributed by atoms with Gasteiger partial charge in [0.1, 0.15) is 78.5 Å². The lowest BCUT2D eigenvalue weighted by Gasteiger charge is -2.24. The van der Waals surface area contributed by atoms with E-state index in [-0.39, 0.29) is 54.6 Å². The Hall–Kier alpha value is -3.71. The molecule has 0 unspecified atom stereocenters. The van der Waals surface area contributed by atoms with Crippen LogP contribution in [0.4, 0.5) is 11.4 Å². The zero-order valence-electron chi connectivity index (χ0n) is 23.2. The average molecular weight is 520 g/mol. The monoisotopic (exact) mass is 521 g/mol. The summed E-state index contributed by atoms with van der Waals surface area (Å²) in [6.07, 6.45) is 0. The number of rotatable bonds is 4. The Balaban J connectivity index is 1.52. The Kier molecular flexibility index (Phi) is 7.57. The van der Waals surface area contributed by atoms with E-state index in [1.807, 2.05) is 72.8 Å². The van der Waals surface area contributed by atoms with Crippen LogP contribution in [-0.2, 0) is 0 Å². The second kappa shape index (κ2) is 11.1. The van der Waals surface area contributed by atoms with Crippen LogP contribution >= 0.6 is 0 Å². The average Bonchev–Trinajstić information content (AvgIpc) is 3.02. The van der Waals surface area contributed by atoms with Crippen LogP contribution in [0.2, 0.25) is 0 Å².